The molecule has 2 aromatic heterocycles. The molecular formula is C9H8Cl2N2O2. The standard InChI is InChI=1S/C9H8Cl2N2O2/c1-2-6(10)8-12-9(15-13-8)5-3-4-14-7(5)11/h3-4,6H,2H2,1H3. The van der Waals surface area contributed by atoms with Gasteiger partial charge in [-0.05, 0) is 24.1 Å². The summed E-state index contributed by atoms with van der Waals surface area (Å²) in [6.45, 7) is 1.94. The fourth-order valence-corrected chi connectivity index (χ4v) is 1.38. The third-order valence-electron chi connectivity index (χ3n) is 1.93. The van der Waals surface area contributed by atoms with E-state index in [1.807, 2.05) is 6.92 Å². The van der Waals surface area contributed by atoms with E-state index in [0.29, 0.717) is 17.3 Å². The SMILES string of the molecule is CCC(Cl)c1noc(-c2ccoc2Cl)n1. The van der Waals surface area contributed by atoms with Crippen LogP contribution < -0.4 is 0 Å². The first kappa shape index (κ1) is 10.5. The number of alkyl halides is 1. The molecule has 0 aromatic carbocycles. The first-order chi connectivity index (χ1) is 7.22. The highest BCUT2D eigenvalue weighted by atomic mass is 35.5. The van der Waals surface area contributed by atoms with Crippen LogP contribution >= 0.6 is 23.2 Å². The van der Waals surface area contributed by atoms with Gasteiger partial charge in [0.1, 0.15) is 0 Å². The zero-order chi connectivity index (χ0) is 10.8. The Labute approximate surface area is 96.2 Å². The zero-order valence-electron chi connectivity index (χ0n) is 7.91. The summed E-state index contributed by atoms with van der Waals surface area (Å²) in [5, 5.41) is 3.75. The molecule has 0 aliphatic rings. The molecule has 1 unspecified atom stereocenters. The topological polar surface area (TPSA) is 52.1 Å². The number of aromatic nitrogens is 2. The maximum Gasteiger partial charge on any atom is 0.262 e. The average Bonchev–Trinajstić information content (AvgIpc) is 2.84. The van der Waals surface area contributed by atoms with Gasteiger partial charge in [-0.3, -0.25) is 0 Å². The second-order valence-corrected chi connectivity index (χ2v) is 3.81. The summed E-state index contributed by atoms with van der Waals surface area (Å²) in [7, 11) is 0. The highest BCUT2D eigenvalue weighted by molar-refractivity contribution is 6.31. The second kappa shape index (κ2) is 4.24. The van der Waals surface area contributed by atoms with E-state index in [1.54, 1.807) is 6.07 Å². The summed E-state index contributed by atoms with van der Waals surface area (Å²) in [6.07, 6.45) is 2.19. The van der Waals surface area contributed by atoms with Crippen molar-refractivity contribution < 1.29 is 8.94 Å². The van der Waals surface area contributed by atoms with Crippen molar-refractivity contribution in [2.45, 2.75) is 18.7 Å². The van der Waals surface area contributed by atoms with Gasteiger partial charge in [0.15, 0.2) is 5.82 Å². The molecule has 1 atom stereocenters. The molecule has 0 saturated heterocycles. The Morgan fingerprint density at radius 1 is 1.53 bits per heavy atom. The predicted octanol–water partition coefficient (Wildman–Crippen LogP) is 3.67. The van der Waals surface area contributed by atoms with Crippen LogP contribution in [0.1, 0.15) is 24.5 Å². The Balaban J connectivity index is 2.32. The van der Waals surface area contributed by atoms with Crippen LogP contribution in [0.4, 0.5) is 0 Å². The largest absolute Gasteiger partial charge is 0.452 e. The van der Waals surface area contributed by atoms with Gasteiger partial charge in [0.05, 0.1) is 17.2 Å². The fourth-order valence-electron chi connectivity index (χ4n) is 1.10. The monoisotopic (exact) mass is 246 g/mol. The quantitative estimate of drug-likeness (QED) is 0.776. The van der Waals surface area contributed by atoms with Gasteiger partial charge in [0.25, 0.3) is 5.89 Å². The van der Waals surface area contributed by atoms with Crippen molar-refractivity contribution in [3.63, 3.8) is 0 Å². The molecule has 80 valence electrons. The molecular weight excluding hydrogens is 239 g/mol. The van der Waals surface area contributed by atoms with Crippen LogP contribution in [0.15, 0.2) is 21.3 Å². The van der Waals surface area contributed by atoms with Crippen molar-refractivity contribution >= 4 is 23.2 Å². The molecule has 0 aliphatic heterocycles. The highest BCUT2D eigenvalue weighted by Gasteiger charge is 2.17. The highest BCUT2D eigenvalue weighted by Crippen LogP contribution is 2.29. The maximum absolute atomic E-state index is 5.96. The van der Waals surface area contributed by atoms with Crippen LogP contribution in [-0.4, -0.2) is 10.1 Å². The van der Waals surface area contributed by atoms with E-state index in [9.17, 15) is 0 Å². The van der Waals surface area contributed by atoms with Gasteiger partial charge in [0.2, 0.25) is 5.22 Å². The summed E-state index contributed by atoms with van der Waals surface area (Å²) in [5.74, 6) is 0.786. The van der Waals surface area contributed by atoms with Crippen LogP contribution in [0.5, 0.6) is 0 Å². The first-order valence-electron chi connectivity index (χ1n) is 4.43. The maximum atomic E-state index is 5.96. The summed E-state index contributed by atoms with van der Waals surface area (Å²) in [6, 6.07) is 1.66. The molecule has 6 heteroatoms. The third kappa shape index (κ3) is 2.01. The number of halogens is 2. The van der Waals surface area contributed by atoms with E-state index in [2.05, 4.69) is 10.1 Å². The molecule has 0 saturated carbocycles. The minimum atomic E-state index is -0.242. The lowest BCUT2D eigenvalue weighted by Gasteiger charge is -1.95. The number of hydrogen-bond acceptors (Lipinski definition) is 4. The van der Waals surface area contributed by atoms with Gasteiger partial charge in [-0.2, -0.15) is 4.98 Å². The van der Waals surface area contributed by atoms with Crippen LogP contribution in [0.2, 0.25) is 5.22 Å². The normalized spacial score (nSPS) is 13.0. The first-order valence-corrected chi connectivity index (χ1v) is 5.24. The van der Waals surface area contributed by atoms with E-state index in [0.717, 1.165) is 6.42 Å². The van der Waals surface area contributed by atoms with Gasteiger partial charge >= 0.3 is 0 Å². The lowest BCUT2D eigenvalue weighted by molar-refractivity contribution is 0.420. The van der Waals surface area contributed by atoms with Crippen LogP contribution in [0.25, 0.3) is 11.5 Å². The molecule has 2 rings (SSSR count). The fraction of sp³-hybridized carbons (Fsp3) is 0.333. The Hall–Kier alpha value is -1.000. The minimum Gasteiger partial charge on any atom is -0.452 e. The molecule has 0 bridgehead atoms. The second-order valence-electron chi connectivity index (χ2n) is 2.94. The lowest BCUT2D eigenvalue weighted by atomic mass is 10.3. The van der Waals surface area contributed by atoms with Gasteiger partial charge in [0, 0.05) is 0 Å². The average molecular weight is 247 g/mol. The van der Waals surface area contributed by atoms with Crippen molar-refractivity contribution in [1.82, 2.24) is 10.1 Å². The summed E-state index contributed by atoms with van der Waals surface area (Å²) >= 11 is 11.7. The molecule has 15 heavy (non-hydrogen) atoms. The Bertz CT molecular complexity index is 452. The summed E-state index contributed by atoms with van der Waals surface area (Å²) < 4.78 is 9.94. The molecule has 2 aromatic rings. The molecule has 2 heterocycles. The number of rotatable bonds is 3. The van der Waals surface area contributed by atoms with Crippen LogP contribution in [0, 0.1) is 0 Å². The molecule has 0 spiro atoms. The molecule has 0 amide bonds. The van der Waals surface area contributed by atoms with E-state index in [-0.39, 0.29) is 10.6 Å². The smallest absolute Gasteiger partial charge is 0.262 e. The van der Waals surface area contributed by atoms with E-state index in [4.69, 9.17) is 32.1 Å². The van der Waals surface area contributed by atoms with Crippen molar-refractivity contribution in [2.75, 3.05) is 0 Å². The van der Waals surface area contributed by atoms with Crippen LogP contribution in [-0.2, 0) is 0 Å². The molecule has 0 radical (unpaired) electrons. The van der Waals surface area contributed by atoms with Gasteiger partial charge in [-0.15, -0.1) is 11.6 Å². The number of nitrogens with zero attached hydrogens (tertiary/aromatic N) is 2. The zero-order valence-corrected chi connectivity index (χ0v) is 9.42. The molecule has 0 fully saturated rings. The Kier molecular flexibility index (Phi) is 2.98. The van der Waals surface area contributed by atoms with Crippen molar-refractivity contribution in [2.24, 2.45) is 0 Å². The summed E-state index contributed by atoms with van der Waals surface area (Å²) in [4.78, 5) is 4.13. The minimum absolute atomic E-state index is 0.229. The molecule has 0 aliphatic carbocycles. The van der Waals surface area contributed by atoms with E-state index < -0.39 is 0 Å². The lowest BCUT2D eigenvalue weighted by Crippen LogP contribution is -1.90. The van der Waals surface area contributed by atoms with Crippen LogP contribution in [0.3, 0.4) is 0 Å². The van der Waals surface area contributed by atoms with Crippen molar-refractivity contribution in [3.05, 3.63) is 23.4 Å². The third-order valence-corrected chi connectivity index (χ3v) is 2.73. The van der Waals surface area contributed by atoms with Gasteiger partial charge in [-0.25, -0.2) is 0 Å². The Morgan fingerprint density at radius 3 is 2.93 bits per heavy atom. The summed E-state index contributed by atoms with van der Waals surface area (Å²) in [5.41, 5.74) is 0.579. The van der Waals surface area contributed by atoms with Gasteiger partial charge in [-0.1, -0.05) is 12.1 Å². The number of furan rings is 1. The molecule has 4 nitrogen and oxygen atoms in total. The predicted molar refractivity (Wildman–Crippen MR) is 55.9 cm³/mol. The van der Waals surface area contributed by atoms with E-state index >= 15 is 0 Å². The van der Waals surface area contributed by atoms with Crippen molar-refractivity contribution in [1.29, 1.82) is 0 Å². The van der Waals surface area contributed by atoms with E-state index in [1.165, 1.54) is 6.26 Å². The van der Waals surface area contributed by atoms with Crippen molar-refractivity contribution in [3.8, 4) is 11.5 Å². The van der Waals surface area contributed by atoms with Gasteiger partial charge < -0.3 is 8.94 Å². The Morgan fingerprint density at radius 2 is 2.33 bits per heavy atom. The molecule has 0 N–H and O–H groups in total. The number of hydrogen-bond donors (Lipinski definition) is 0.